The first-order valence-electron chi connectivity index (χ1n) is 8.84. The number of hydrogen-bond acceptors (Lipinski definition) is 2. The Morgan fingerprint density at radius 3 is 3.04 bits per heavy atom. The van der Waals surface area contributed by atoms with Crippen LogP contribution in [0.3, 0.4) is 0 Å². The van der Waals surface area contributed by atoms with Gasteiger partial charge in [0, 0.05) is 45.8 Å². The van der Waals surface area contributed by atoms with Gasteiger partial charge in [0.15, 0.2) is 5.96 Å². The van der Waals surface area contributed by atoms with Gasteiger partial charge in [-0.05, 0) is 42.5 Å². The van der Waals surface area contributed by atoms with Gasteiger partial charge in [-0.1, -0.05) is 12.1 Å². The number of likely N-dealkylation sites (tertiary alicyclic amines) is 1. The van der Waals surface area contributed by atoms with E-state index in [1.165, 1.54) is 11.6 Å². The Balaban J connectivity index is 1.45. The first kappa shape index (κ1) is 17.5. The Morgan fingerprint density at radius 1 is 1.44 bits per heavy atom. The third-order valence-electron chi connectivity index (χ3n) is 4.71. The van der Waals surface area contributed by atoms with Gasteiger partial charge >= 0.3 is 0 Å². The van der Waals surface area contributed by atoms with Crippen LogP contribution in [-0.4, -0.2) is 47.3 Å². The van der Waals surface area contributed by atoms with E-state index in [0.29, 0.717) is 5.92 Å². The number of rotatable bonds is 5. The zero-order chi connectivity index (χ0) is 17.6. The molecule has 5 nitrogen and oxygen atoms in total. The molecule has 0 bridgehead atoms. The van der Waals surface area contributed by atoms with Crippen LogP contribution in [0.15, 0.2) is 41.7 Å². The van der Waals surface area contributed by atoms with Gasteiger partial charge in [-0.15, -0.1) is 0 Å². The molecule has 0 spiro atoms. The Hall–Kier alpha value is -2.37. The number of nitrogens with one attached hydrogen (secondary N) is 1. The van der Waals surface area contributed by atoms with Crippen LogP contribution < -0.4 is 5.32 Å². The van der Waals surface area contributed by atoms with Gasteiger partial charge in [-0.2, -0.15) is 5.10 Å². The van der Waals surface area contributed by atoms with Crippen LogP contribution in [0.25, 0.3) is 0 Å². The van der Waals surface area contributed by atoms with Crippen molar-refractivity contribution < 1.29 is 4.39 Å². The molecule has 1 aromatic carbocycles. The van der Waals surface area contributed by atoms with E-state index in [2.05, 4.69) is 26.5 Å². The summed E-state index contributed by atoms with van der Waals surface area (Å²) in [6, 6.07) is 6.82. The molecule has 0 aliphatic carbocycles. The average Bonchev–Trinajstić information content (AvgIpc) is 3.24. The molecule has 0 saturated carbocycles. The van der Waals surface area contributed by atoms with Crippen molar-refractivity contribution in [2.45, 2.75) is 25.2 Å². The molecule has 1 aliphatic rings. The van der Waals surface area contributed by atoms with Crippen molar-refractivity contribution in [3.63, 3.8) is 0 Å². The number of guanidine groups is 1. The van der Waals surface area contributed by atoms with Crippen LogP contribution >= 0.6 is 0 Å². The molecule has 1 atom stereocenters. The summed E-state index contributed by atoms with van der Waals surface area (Å²) >= 11 is 0. The van der Waals surface area contributed by atoms with Gasteiger partial charge in [0.25, 0.3) is 0 Å². The molecule has 2 heterocycles. The van der Waals surface area contributed by atoms with Crippen LogP contribution in [0.1, 0.15) is 29.9 Å². The second kappa shape index (κ2) is 8.14. The summed E-state index contributed by atoms with van der Waals surface area (Å²) in [5.74, 6) is 1.30. The maximum Gasteiger partial charge on any atom is 0.193 e. The second-order valence-corrected chi connectivity index (χ2v) is 6.59. The number of aromatic nitrogens is 2. The summed E-state index contributed by atoms with van der Waals surface area (Å²) in [5, 5.41) is 7.71. The second-order valence-electron chi connectivity index (χ2n) is 6.59. The van der Waals surface area contributed by atoms with E-state index in [9.17, 15) is 4.39 Å². The van der Waals surface area contributed by atoms with Crippen molar-refractivity contribution in [1.29, 1.82) is 0 Å². The molecule has 0 radical (unpaired) electrons. The third-order valence-corrected chi connectivity index (χ3v) is 4.71. The summed E-state index contributed by atoms with van der Waals surface area (Å²) in [6.45, 7) is 2.80. The summed E-state index contributed by atoms with van der Waals surface area (Å²) in [4.78, 5) is 6.72. The zero-order valence-corrected chi connectivity index (χ0v) is 15.0. The monoisotopic (exact) mass is 343 g/mol. The number of aliphatic imine (C=N–C) groups is 1. The van der Waals surface area contributed by atoms with Crippen LogP contribution in [0.2, 0.25) is 0 Å². The average molecular weight is 343 g/mol. The van der Waals surface area contributed by atoms with Crippen molar-refractivity contribution in [2.75, 3.05) is 26.7 Å². The molecule has 3 rings (SSSR count). The first-order valence-corrected chi connectivity index (χ1v) is 8.84. The molecule has 1 saturated heterocycles. The summed E-state index contributed by atoms with van der Waals surface area (Å²) in [7, 11) is 3.78. The van der Waals surface area contributed by atoms with Gasteiger partial charge in [0.2, 0.25) is 0 Å². The van der Waals surface area contributed by atoms with Crippen molar-refractivity contribution in [1.82, 2.24) is 20.0 Å². The predicted octanol–water partition coefficient (Wildman–Crippen LogP) is 2.56. The summed E-state index contributed by atoms with van der Waals surface area (Å²) in [5.41, 5.74) is 2.33. The topological polar surface area (TPSA) is 45.5 Å². The highest BCUT2D eigenvalue weighted by atomic mass is 19.1. The minimum atomic E-state index is -0.167. The lowest BCUT2D eigenvalue weighted by Crippen LogP contribution is -2.40. The summed E-state index contributed by atoms with van der Waals surface area (Å²) < 4.78 is 15.1. The van der Waals surface area contributed by atoms with Crippen LogP contribution in [0, 0.1) is 5.82 Å². The van der Waals surface area contributed by atoms with Gasteiger partial charge < -0.3 is 10.2 Å². The van der Waals surface area contributed by atoms with Crippen molar-refractivity contribution in [3.8, 4) is 0 Å². The fourth-order valence-corrected chi connectivity index (χ4v) is 3.39. The van der Waals surface area contributed by atoms with Crippen molar-refractivity contribution in [3.05, 3.63) is 53.6 Å². The molecule has 0 amide bonds. The number of halogens is 1. The Labute approximate surface area is 148 Å². The SMILES string of the molecule is CN=C(NCCCc1cccc(F)c1)N1CCC(c2cnn(C)c2)C1. The molecule has 1 unspecified atom stereocenters. The van der Waals surface area contributed by atoms with Crippen LogP contribution in [-0.2, 0) is 13.5 Å². The Morgan fingerprint density at radius 2 is 2.32 bits per heavy atom. The molecule has 1 aromatic heterocycles. The van der Waals surface area contributed by atoms with Crippen LogP contribution in [0.5, 0.6) is 0 Å². The van der Waals surface area contributed by atoms with E-state index in [0.717, 1.165) is 50.4 Å². The molecule has 6 heteroatoms. The summed E-state index contributed by atoms with van der Waals surface area (Å²) in [6.07, 6.45) is 6.99. The smallest absolute Gasteiger partial charge is 0.193 e. The minimum Gasteiger partial charge on any atom is -0.356 e. The van der Waals surface area contributed by atoms with E-state index in [1.54, 1.807) is 12.1 Å². The van der Waals surface area contributed by atoms with Crippen molar-refractivity contribution >= 4 is 5.96 Å². The molecular weight excluding hydrogens is 317 g/mol. The fourth-order valence-electron chi connectivity index (χ4n) is 3.39. The van der Waals surface area contributed by atoms with Gasteiger partial charge in [-0.3, -0.25) is 9.67 Å². The number of nitrogens with zero attached hydrogens (tertiary/aromatic N) is 4. The number of hydrogen-bond donors (Lipinski definition) is 1. The standard InChI is InChI=1S/C19H26FN5/c1-21-19(22-9-4-6-15-5-3-7-18(20)11-15)25-10-8-16(14-25)17-12-23-24(2)13-17/h3,5,7,11-13,16H,4,6,8-10,14H2,1-2H3,(H,21,22). The lowest BCUT2D eigenvalue weighted by molar-refractivity contribution is 0.485. The highest BCUT2D eigenvalue weighted by Crippen LogP contribution is 2.26. The molecular formula is C19H26FN5. The maximum absolute atomic E-state index is 13.2. The van der Waals surface area contributed by atoms with Gasteiger partial charge in [0.05, 0.1) is 6.20 Å². The maximum atomic E-state index is 13.2. The van der Waals surface area contributed by atoms with E-state index in [1.807, 2.05) is 31.0 Å². The third kappa shape index (κ3) is 4.59. The first-order chi connectivity index (χ1) is 12.2. The lowest BCUT2D eigenvalue weighted by Gasteiger charge is -2.21. The van der Waals surface area contributed by atoms with Crippen molar-refractivity contribution in [2.24, 2.45) is 12.0 Å². The van der Waals surface area contributed by atoms with Gasteiger partial charge in [-0.25, -0.2) is 4.39 Å². The fraction of sp³-hybridized carbons (Fsp3) is 0.474. The molecule has 1 N–H and O–H groups in total. The van der Waals surface area contributed by atoms with E-state index in [4.69, 9.17) is 0 Å². The molecule has 25 heavy (non-hydrogen) atoms. The molecule has 2 aromatic rings. The van der Waals surface area contributed by atoms with Crippen LogP contribution in [0.4, 0.5) is 4.39 Å². The van der Waals surface area contributed by atoms with E-state index >= 15 is 0 Å². The van der Waals surface area contributed by atoms with Gasteiger partial charge in [0.1, 0.15) is 5.82 Å². The largest absolute Gasteiger partial charge is 0.356 e. The van der Waals surface area contributed by atoms with E-state index < -0.39 is 0 Å². The van der Waals surface area contributed by atoms with E-state index in [-0.39, 0.29) is 5.82 Å². The minimum absolute atomic E-state index is 0.167. The highest BCUT2D eigenvalue weighted by molar-refractivity contribution is 5.80. The Bertz CT molecular complexity index is 724. The molecule has 1 aliphatic heterocycles. The predicted molar refractivity (Wildman–Crippen MR) is 98.2 cm³/mol. The quantitative estimate of drug-likeness (QED) is 0.516. The molecule has 1 fully saturated rings. The molecule has 134 valence electrons. The Kier molecular flexibility index (Phi) is 5.68. The lowest BCUT2D eigenvalue weighted by atomic mass is 10.0. The number of aryl methyl sites for hydroxylation is 2. The number of benzene rings is 1. The highest BCUT2D eigenvalue weighted by Gasteiger charge is 2.26. The normalized spacial score (nSPS) is 18.0. The zero-order valence-electron chi connectivity index (χ0n) is 15.0.